The molecule has 0 unspecified atom stereocenters. The van der Waals surface area contributed by atoms with E-state index >= 15 is 0 Å². The number of aryl methyl sites for hydroxylation is 1. The summed E-state index contributed by atoms with van der Waals surface area (Å²) in [5.74, 6) is 0.827. The van der Waals surface area contributed by atoms with Gasteiger partial charge in [0.25, 0.3) is 0 Å². The van der Waals surface area contributed by atoms with Crippen LogP contribution >= 0.6 is 11.3 Å². The lowest BCUT2D eigenvalue weighted by molar-refractivity contribution is 0.107. The first-order valence-electron chi connectivity index (χ1n) is 9.94. The molecular weight excluding hydrogens is 398 g/mol. The zero-order valence-corrected chi connectivity index (χ0v) is 18.1. The molecule has 0 bridgehead atoms. The maximum absolute atomic E-state index is 12.1. The van der Waals surface area contributed by atoms with Gasteiger partial charge >= 0.3 is 6.03 Å². The molecule has 30 heavy (non-hydrogen) atoms. The molecule has 0 saturated heterocycles. The van der Waals surface area contributed by atoms with Gasteiger partial charge in [0.05, 0.1) is 31.0 Å². The topological polar surface area (TPSA) is 72.5 Å². The van der Waals surface area contributed by atoms with Crippen LogP contribution in [-0.4, -0.2) is 24.7 Å². The third-order valence-electron chi connectivity index (χ3n) is 4.45. The van der Waals surface area contributed by atoms with Gasteiger partial charge in [0.1, 0.15) is 5.75 Å². The molecule has 0 atom stereocenters. The molecule has 0 aliphatic carbocycles. The van der Waals surface area contributed by atoms with Crippen molar-refractivity contribution in [1.82, 2.24) is 10.3 Å². The van der Waals surface area contributed by atoms with E-state index in [1.54, 1.807) is 18.4 Å². The Kier molecular flexibility index (Phi) is 8.23. The van der Waals surface area contributed by atoms with Crippen LogP contribution in [-0.2, 0) is 30.8 Å². The number of nitrogens with one attached hydrogen (secondary N) is 2. The van der Waals surface area contributed by atoms with Crippen LogP contribution in [0.15, 0.2) is 53.9 Å². The van der Waals surface area contributed by atoms with Crippen molar-refractivity contribution in [2.24, 2.45) is 0 Å². The molecule has 0 fully saturated rings. The molecule has 1 heterocycles. The fourth-order valence-electron chi connectivity index (χ4n) is 2.85. The van der Waals surface area contributed by atoms with Crippen molar-refractivity contribution in [3.05, 3.63) is 75.7 Å². The predicted octanol–water partition coefficient (Wildman–Crippen LogP) is 4.80. The number of amides is 2. The molecule has 2 N–H and O–H groups in total. The van der Waals surface area contributed by atoms with Crippen molar-refractivity contribution in [1.29, 1.82) is 0 Å². The van der Waals surface area contributed by atoms with Crippen molar-refractivity contribution in [2.75, 3.05) is 19.0 Å². The smallest absolute Gasteiger partial charge is 0.319 e. The van der Waals surface area contributed by atoms with Crippen molar-refractivity contribution in [3.8, 4) is 5.75 Å². The Bertz CT molecular complexity index is 941. The van der Waals surface area contributed by atoms with Gasteiger partial charge in [0, 0.05) is 24.0 Å². The van der Waals surface area contributed by atoms with Crippen molar-refractivity contribution in [3.63, 3.8) is 0 Å². The first kappa shape index (κ1) is 21.8. The van der Waals surface area contributed by atoms with E-state index < -0.39 is 0 Å². The number of carbonyl (C=O) groups is 1. The summed E-state index contributed by atoms with van der Waals surface area (Å²) in [5, 5.41) is 8.92. The molecule has 3 aromatic rings. The molecule has 0 saturated carbocycles. The number of rotatable bonds is 10. The minimum absolute atomic E-state index is 0.225. The van der Waals surface area contributed by atoms with Gasteiger partial charge in [-0.1, -0.05) is 31.2 Å². The number of ether oxygens (including phenoxy) is 2. The maximum atomic E-state index is 12.1. The number of urea groups is 1. The Balaban J connectivity index is 1.40. The van der Waals surface area contributed by atoms with E-state index in [2.05, 4.69) is 22.5 Å². The second kappa shape index (κ2) is 11.3. The monoisotopic (exact) mass is 425 g/mol. The van der Waals surface area contributed by atoms with Crippen molar-refractivity contribution in [2.45, 2.75) is 33.0 Å². The Morgan fingerprint density at radius 3 is 2.63 bits per heavy atom. The molecule has 2 amide bonds. The van der Waals surface area contributed by atoms with Gasteiger partial charge in [-0.05, 0) is 41.8 Å². The first-order chi connectivity index (χ1) is 14.7. The molecule has 0 radical (unpaired) electrons. The standard InChI is InChI=1S/C23H27N3O3S/c1-3-22-25-20(16-30-22)11-12-24-23(27)26-19-6-4-5-18(13-19)15-29-14-17-7-9-21(28-2)10-8-17/h4-10,13,16H,3,11-12,14-15H2,1-2H3,(H2,24,26,27). The van der Waals surface area contributed by atoms with Crippen LogP contribution in [0.25, 0.3) is 0 Å². The van der Waals surface area contributed by atoms with Gasteiger partial charge in [-0.25, -0.2) is 9.78 Å². The summed E-state index contributed by atoms with van der Waals surface area (Å²) in [6, 6.07) is 15.2. The molecule has 1 aromatic heterocycles. The van der Waals surface area contributed by atoms with E-state index in [9.17, 15) is 4.79 Å². The number of hydrogen-bond acceptors (Lipinski definition) is 5. The lowest BCUT2D eigenvalue weighted by atomic mass is 10.2. The highest BCUT2D eigenvalue weighted by Crippen LogP contribution is 2.15. The number of nitrogens with zero attached hydrogens (tertiary/aromatic N) is 1. The average Bonchev–Trinajstić information content (AvgIpc) is 3.22. The van der Waals surface area contributed by atoms with Gasteiger partial charge in [-0.2, -0.15) is 0 Å². The van der Waals surface area contributed by atoms with E-state index in [0.29, 0.717) is 19.8 Å². The van der Waals surface area contributed by atoms with E-state index in [1.165, 1.54) is 0 Å². The van der Waals surface area contributed by atoms with E-state index in [1.807, 2.05) is 53.9 Å². The summed E-state index contributed by atoms with van der Waals surface area (Å²) in [5.41, 5.74) is 3.83. The van der Waals surface area contributed by atoms with Crippen LogP contribution in [0.5, 0.6) is 5.75 Å². The second-order valence-corrected chi connectivity index (χ2v) is 7.70. The molecular formula is C23H27N3O3S. The minimum Gasteiger partial charge on any atom is -0.497 e. The third kappa shape index (κ3) is 6.86. The quantitative estimate of drug-likeness (QED) is 0.490. The number of carbonyl (C=O) groups excluding carboxylic acids is 1. The zero-order valence-electron chi connectivity index (χ0n) is 17.3. The van der Waals surface area contributed by atoms with Crippen LogP contribution in [0.1, 0.15) is 28.8 Å². The largest absolute Gasteiger partial charge is 0.497 e. The molecule has 0 aliphatic rings. The molecule has 158 valence electrons. The summed E-state index contributed by atoms with van der Waals surface area (Å²) < 4.78 is 10.9. The normalized spacial score (nSPS) is 10.6. The Morgan fingerprint density at radius 2 is 1.90 bits per heavy atom. The van der Waals surface area contributed by atoms with Gasteiger partial charge < -0.3 is 20.1 Å². The zero-order chi connectivity index (χ0) is 21.2. The van der Waals surface area contributed by atoms with E-state index in [-0.39, 0.29) is 6.03 Å². The number of thiazole rings is 1. The SMILES string of the molecule is CCc1nc(CCNC(=O)Nc2cccc(COCc3ccc(OC)cc3)c2)cs1. The highest BCUT2D eigenvalue weighted by molar-refractivity contribution is 7.09. The molecule has 0 spiro atoms. The molecule has 7 heteroatoms. The summed E-state index contributed by atoms with van der Waals surface area (Å²) in [6.07, 6.45) is 1.67. The molecule has 6 nitrogen and oxygen atoms in total. The minimum atomic E-state index is -0.225. The second-order valence-electron chi connectivity index (χ2n) is 6.76. The Hall–Kier alpha value is -2.90. The Labute approximate surface area is 181 Å². The fourth-order valence-corrected chi connectivity index (χ4v) is 3.63. The average molecular weight is 426 g/mol. The third-order valence-corrected chi connectivity index (χ3v) is 5.49. The summed E-state index contributed by atoms with van der Waals surface area (Å²) >= 11 is 1.66. The van der Waals surface area contributed by atoms with Crippen LogP contribution in [0.4, 0.5) is 10.5 Å². The van der Waals surface area contributed by atoms with Crippen LogP contribution in [0, 0.1) is 0 Å². The highest BCUT2D eigenvalue weighted by Gasteiger charge is 2.05. The fraction of sp³-hybridized carbons (Fsp3) is 0.304. The number of anilines is 1. The van der Waals surface area contributed by atoms with Crippen molar-refractivity contribution >= 4 is 23.1 Å². The predicted molar refractivity (Wildman–Crippen MR) is 120 cm³/mol. The van der Waals surface area contributed by atoms with Crippen LogP contribution in [0.3, 0.4) is 0 Å². The maximum Gasteiger partial charge on any atom is 0.319 e. The van der Waals surface area contributed by atoms with Crippen LogP contribution in [0.2, 0.25) is 0 Å². The lowest BCUT2D eigenvalue weighted by Crippen LogP contribution is -2.30. The number of benzene rings is 2. The summed E-state index contributed by atoms with van der Waals surface area (Å²) in [6.45, 7) is 3.61. The first-order valence-corrected chi connectivity index (χ1v) is 10.8. The molecule has 3 rings (SSSR count). The number of hydrogen-bond donors (Lipinski definition) is 2. The Morgan fingerprint density at radius 1 is 1.10 bits per heavy atom. The number of methoxy groups -OCH3 is 1. The van der Waals surface area contributed by atoms with Crippen LogP contribution < -0.4 is 15.4 Å². The van der Waals surface area contributed by atoms with Gasteiger partial charge in [-0.15, -0.1) is 11.3 Å². The number of aromatic nitrogens is 1. The molecule has 2 aromatic carbocycles. The molecule has 0 aliphatic heterocycles. The summed E-state index contributed by atoms with van der Waals surface area (Å²) in [4.78, 5) is 16.7. The van der Waals surface area contributed by atoms with Gasteiger partial charge in [-0.3, -0.25) is 0 Å². The van der Waals surface area contributed by atoms with Crippen molar-refractivity contribution < 1.29 is 14.3 Å². The highest BCUT2D eigenvalue weighted by atomic mass is 32.1. The lowest BCUT2D eigenvalue weighted by Gasteiger charge is -2.09. The summed E-state index contributed by atoms with van der Waals surface area (Å²) in [7, 11) is 1.65. The van der Waals surface area contributed by atoms with E-state index in [0.717, 1.165) is 46.1 Å². The van der Waals surface area contributed by atoms with Gasteiger partial charge in [0.15, 0.2) is 0 Å². The van der Waals surface area contributed by atoms with E-state index in [4.69, 9.17) is 9.47 Å². The van der Waals surface area contributed by atoms with Gasteiger partial charge in [0.2, 0.25) is 0 Å².